The van der Waals surface area contributed by atoms with Gasteiger partial charge in [0.2, 0.25) is 0 Å². The number of hydrogen-bond donors (Lipinski definition) is 1. The van der Waals surface area contributed by atoms with Gasteiger partial charge in [-0.3, -0.25) is 0 Å². The van der Waals surface area contributed by atoms with Crippen LogP contribution in [0.1, 0.15) is 20.8 Å². The highest BCUT2D eigenvalue weighted by Gasteiger charge is 2.00. The molecule has 0 rings (SSSR count). The van der Waals surface area contributed by atoms with Crippen molar-refractivity contribution in [1.82, 2.24) is 6.15 Å². The molecule has 0 aliphatic rings. The summed E-state index contributed by atoms with van der Waals surface area (Å²) >= 11 is 0. The SMILES string of the molecule is CC=C(C)C(=O)OCC.N. The van der Waals surface area contributed by atoms with Gasteiger partial charge in [-0.1, -0.05) is 6.08 Å². The molecule has 0 radical (unpaired) electrons. The molecule has 3 heteroatoms. The van der Waals surface area contributed by atoms with Gasteiger partial charge >= 0.3 is 5.97 Å². The van der Waals surface area contributed by atoms with Crippen LogP contribution in [-0.4, -0.2) is 12.6 Å². The van der Waals surface area contributed by atoms with Gasteiger partial charge in [-0.15, -0.1) is 0 Å². The molecule has 0 aromatic heterocycles. The third kappa shape index (κ3) is 4.09. The second-order valence-corrected chi connectivity index (χ2v) is 1.69. The van der Waals surface area contributed by atoms with Crippen molar-refractivity contribution in [2.45, 2.75) is 20.8 Å². The first-order chi connectivity index (χ1) is 4.22. The minimum atomic E-state index is -0.222. The standard InChI is InChI=1S/C7H12O2.H3N/c1-4-6(3)7(8)9-5-2;/h4H,5H2,1-3H3;1H3. The first kappa shape index (κ1) is 11.9. The van der Waals surface area contributed by atoms with Crippen molar-refractivity contribution in [3.8, 4) is 0 Å². The highest BCUT2D eigenvalue weighted by atomic mass is 16.5. The number of ether oxygens (including phenoxy) is 1. The van der Waals surface area contributed by atoms with E-state index in [2.05, 4.69) is 4.74 Å². The zero-order valence-corrected chi connectivity index (χ0v) is 6.81. The molecule has 0 bridgehead atoms. The molecule has 0 aliphatic heterocycles. The maximum Gasteiger partial charge on any atom is 0.333 e. The second-order valence-electron chi connectivity index (χ2n) is 1.69. The largest absolute Gasteiger partial charge is 0.463 e. The Kier molecular flexibility index (Phi) is 7.49. The molecule has 0 amide bonds. The highest BCUT2D eigenvalue weighted by molar-refractivity contribution is 5.87. The van der Waals surface area contributed by atoms with Crippen LogP contribution in [0.25, 0.3) is 0 Å². The molecule has 3 nitrogen and oxygen atoms in total. The molecule has 10 heavy (non-hydrogen) atoms. The van der Waals surface area contributed by atoms with Crippen LogP contribution in [0.5, 0.6) is 0 Å². The Bertz CT molecular complexity index is 130. The van der Waals surface area contributed by atoms with Gasteiger partial charge in [0.15, 0.2) is 0 Å². The van der Waals surface area contributed by atoms with Crippen molar-refractivity contribution in [2.75, 3.05) is 6.61 Å². The van der Waals surface area contributed by atoms with E-state index in [9.17, 15) is 4.79 Å². The molecular weight excluding hydrogens is 130 g/mol. The highest BCUT2D eigenvalue weighted by Crippen LogP contribution is 1.94. The molecule has 0 unspecified atom stereocenters. The molecule has 0 atom stereocenters. The van der Waals surface area contributed by atoms with Gasteiger partial charge in [0.25, 0.3) is 0 Å². The molecule has 0 heterocycles. The minimum Gasteiger partial charge on any atom is -0.463 e. The van der Waals surface area contributed by atoms with Crippen LogP contribution in [0.15, 0.2) is 11.6 Å². The molecule has 0 aromatic carbocycles. The third-order valence-electron chi connectivity index (χ3n) is 1.03. The van der Waals surface area contributed by atoms with E-state index in [0.717, 1.165) is 0 Å². The molecule has 0 spiro atoms. The van der Waals surface area contributed by atoms with Gasteiger partial charge in [-0.05, 0) is 20.8 Å². The normalized spacial score (nSPS) is 10.1. The molecule has 0 aromatic rings. The fourth-order valence-electron chi connectivity index (χ4n) is 0.363. The zero-order valence-electron chi connectivity index (χ0n) is 6.81. The number of carbonyl (C=O) groups excluding carboxylic acids is 1. The number of carbonyl (C=O) groups is 1. The average molecular weight is 145 g/mol. The minimum absolute atomic E-state index is 0. The van der Waals surface area contributed by atoms with Crippen LogP contribution < -0.4 is 6.15 Å². The maximum atomic E-state index is 10.7. The Morgan fingerprint density at radius 1 is 1.60 bits per heavy atom. The molecule has 0 saturated carbocycles. The average Bonchev–Trinajstić information content (AvgIpc) is 1.87. The Morgan fingerprint density at radius 2 is 2.10 bits per heavy atom. The van der Waals surface area contributed by atoms with Crippen LogP contribution in [0.2, 0.25) is 0 Å². The van der Waals surface area contributed by atoms with Crippen LogP contribution in [0, 0.1) is 0 Å². The summed E-state index contributed by atoms with van der Waals surface area (Å²) < 4.78 is 4.69. The van der Waals surface area contributed by atoms with E-state index in [1.54, 1.807) is 19.9 Å². The predicted molar refractivity (Wildman–Crippen MR) is 41.1 cm³/mol. The van der Waals surface area contributed by atoms with Crippen LogP contribution in [0.4, 0.5) is 0 Å². The first-order valence-corrected chi connectivity index (χ1v) is 3.02. The van der Waals surface area contributed by atoms with E-state index in [1.807, 2.05) is 6.92 Å². The first-order valence-electron chi connectivity index (χ1n) is 3.02. The van der Waals surface area contributed by atoms with Gasteiger partial charge in [-0.2, -0.15) is 0 Å². The van der Waals surface area contributed by atoms with E-state index in [4.69, 9.17) is 0 Å². The van der Waals surface area contributed by atoms with Gasteiger partial charge < -0.3 is 10.9 Å². The fraction of sp³-hybridized carbons (Fsp3) is 0.571. The Hall–Kier alpha value is -0.830. The lowest BCUT2D eigenvalue weighted by atomic mass is 10.3. The van der Waals surface area contributed by atoms with E-state index >= 15 is 0 Å². The van der Waals surface area contributed by atoms with E-state index in [-0.39, 0.29) is 12.1 Å². The zero-order chi connectivity index (χ0) is 7.28. The lowest BCUT2D eigenvalue weighted by molar-refractivity contribution is -0.138. The summed E-state index contributed by atoms with van der Waals surface area (Å²) in [6.45, 7) is 5.79. The van der Waals surface area contributed by atoms with Crippen molar-refractivity contribution in [3.63, 3.8) is 0 Å². The Morgan fingerprint density at radius 3 is 2.40 bits per heavy atom. The number of hydrogen-bond acceptors (Lipinski definition) is 3. The van der Waals surface area contributed by atoms with Gasteiger partial charge in [0.1, 0.15) is 0 Å². The molecule has 0 saturated heterocycles. The maximum absolute atomic E-state index is 10.7. The van der Waals surface area contributed by atoms with Crippen LogP contribution >= 0.6 is 0 Å². The summed E-state index contributed by atoms with van der Waals surface area (Å²) in [6.07, 6.45) is 1.73. The van der Waals surface area contributed by atoms with E-state index in [0.29, 0.717) is 12.2 Å². The van der Waals surface area contributed by atoms with Crippen molar-refractivity contribution < 1.29 is 9.53 Å². The molecule has 0 fully saturated rings. The number of esters is 1. The molecule has 3 N–H and O–H groups in total. The van der Waals surface area contributed by atoms with E-state index < -0.39 is 0 Å². The third-order valence-corrected chi connectivity index (χ3v) is 1.03. The molecule has 60 valence electrons. The quantitative estimate of drug-likeness (QED) is 0.475. The van der Waals surface area contributed by atoms with Crippen molar-refractivity contribution >= 4 is 5.97 Å². The summed E-state index contributed by atoms with van der Waals surface area (Å²) in [5, 5.41) is 0. The number of rotatable bonds is 2. The summed E-state index contributed by atoms with van der Waals surface area (Å²) in [5.74, 6) is -0.222. The number of allylic oxidation sites excluding steroid dienone is 1. The van der Waals surface area contributed by atoms with Crippen LogP contribution in [0.3, 0.4) is 0 Å². The van der Waals surface area contributed by atoms with E-state index in [1.165, 1.54) is 0 Å². The van der Waals surface area contributed by atoms with Crippen molar-refractivity contribution in [3.05, 3.63) is 11.6 Å². The Labute approximate surface area is 61.7 Å². The lowest BCUT2D eigenvalue weighted by Gasteiger charge is -1.98. The van der Waals surface area contributed by atoms with Crippen LogP contribution in [-0.2, 0) is 9.53 Å². The summed E-state index contributed by atoms with van der Waals surface area (Å²) in [6, 6.07) is 0. The summed E-state index contributed by atoms with van der Waals surface area (Å²) in [7, 11) is 0. The topological polar surface area (TPSA) is 61.3 Å². The summed E-state index contributed by atoms with van der Waals surface area (Å²) in [4.78, 5) is 10.7. The van der Waals surface area contributed by atoms with Gasteiger partial charge in [0, 0.05) is 5.57 Å². The molecular formula is C7H15NO2. The predicted octanol–water partition coefficient (Wildman–Crippen LogP) is 1.68. The van der Waals surface area contributed by atoms with Gasteiger partial charge in [-0.25, -0.2) is 4.79 Å². The monoisotopic (exact) mass is 145 g/mol. The lowest BCUT2D eigenvalue weighted by Crippen LogP contribution is -2.04. The van der Waals surface area contributed by atoms with Crippen molar-refractivity contribution in [2.24, 2.45) is 0 Å². The molecule has 0 aliphatic carbocycles. The fourth-order valence-corrected chi connectivity index (χ4v) is 0.363. The summed E-state index contributed by atoms with van der Waals surface area (Å²) in [5.41, 5.74) is 0.664. The Balaban J connectivity index is 0. The van der Waals surface area contributed by atoms with Crippen molar-refractivity contribution in [1.29, 1.82) is 0 Å². The van der Waals surface area contributed by atoms with Gasteiger partial charge in [0.05, 0.1) is 6.61 Å². The smallest absolute Gasteiger partial charge is 0.333 e. The second kappa shape index (κ2) is 6.29.